The molecule has 5 nitrogen and oxygen atoms in total. The maximum Gasteiger partial charge on any atom is 0.224 e. The van der Waals surface area contributed by atoms with Crippen LogP contribution >= 0.6 is 12.4 Å². The zero-order valence-corrected chi connectivity index (χ0v) is 11.8. The van der Waals surface area contributed by atoms with Crippen LogP contribution in [-0.2, 0) is 14.3 Å². The number of nitrogens with one attached hydrogen (secondary N) is 1. The topological polar surface area (TPSA) is 73.6 Å². The molecule has 1 amide bonds. The molecule has 1 aliphatic rings. The van der Waals surface area contributed by atoms with Gasteiger partial charge in [0.25, 0.3) is 0 Å². The van der Waals surface area contributed by atoms with Crippen LogP contribution in [0.3, 0.4) is 0 Å². The third kappa shape index (κ3) is 7.16. The highest BCUT2D eigenvalue weighted by Gasteiger charge is 2.15. The highest BCUT2D eigenvalue weighted by Crippen LogP contribution is 2.11. The number of carbonyl (C=O) groups excluding carboxylic acids is 1. The van der Waals surface area contributed by atoms with E-state index in [2.05, 4.69) is 5.32 Å². The summed E-state index contributed by atoms with van der Waals surface area (Å²) in [6.45, 7) is 5.06. The van der Waals surface area contributed by atoms with E-state index < -0.39 is 0 Å². The summed E-state index contributed by atoms with van der Waals surface area (Å²) >= 11 is 0. The molecule has 0 spiro atoms. The number of hydrogen-bond acceptors (Lipinski definition) is 4. The van der Waals surface area contributed by atoms with Crippen molar-refractivity contribution in [1.82, 2.24) is 5.32 Å². The van der Waals surface area contributed by atoms with Crippen LogP contribution in [0.4, 0.5) is 0 Å². The Hall–Kier alpha value is -0.360. The molecule has 2 unspecified atom stereocenters. The monoisotopic (exact) mass is 280 g/mol. The Morgan fingerprint density at radius 2 is 2.39 bits per heavy atom. The van der Waals surface area contributed by atoms with E-state index in [1.807, 2.05) is 6.92 Å². The van der Waals surface area contributed by atoms with Crippen molar-refractivity contribution in [2.45, 2.75) is 32.3 Å². The van der Waals surface area contributed by atoms with Crippen molar-refractivity contribution in [2.75, 3.05) is 32.9 Å². The Morgan fingerprint density at radius 1 is 1.61 bits per heavy atom. The number of ether oxygens (including phenoxy) is 2. The average molecular weight is 281 g/mol. The van der Waals surface area contributed by atoms with E-state index in [0.29, 0.717) is 26.3 Å². The van der Waals surface area contributed by atoms with Gasteiger partial charge in [0.05, 0.1) is 12.7 Å². The lowest BCUT2D eigenvalue weighted by molar-refractivity contribution is -0.124. The lowest BCUT2D eigenvalue weighted by Gasteiger charge is -2.11. The van der Waals surface area contributed by atoms with Crippen LogP contribution in [0.1, 0.15) is 26.2 Å². The van der Waals surface area contributed by atoms with Crippen LogP contribution in [0.15, 0.2) is 0 Å². The molecular weight excluding hydrogens is 256 g/mol. The van der Waals surface area contributed by atoms with Crippen molar-refractivity contribution in [3.8, 4) is 0 Å². The van der Waals surface area contributed by atoms with E-state index in [9.17, 15) is 4.79 Å². The molecule has 1 aliphatic heterocycles. The van der Waals surface area contributed by atoms with Gasteiger partial charge in [0.1, 0.15) is 0 Å². The van der Waals surface area contributed by atoms with E-state index >= 15 is 0 Å². The van der Waals surface area contributed by atoms with Gasteiger partial charge in [0.2, 0.25) is 5.91 Å². The molecule has 18 heavy (non-hydrogen) atoms. The van der Waals surface area contributed by atoms with Gasteiger partial charge < -0.3 is 20.5 Å². The molecular formula is C12H25ClN2O3. The number of halogens is 1. The molecule has 0 aromatic rings. The molecule has 6 heteroatoms. The summed E-state index contributed by atoms with van der Waals surface area (Å²) in [6.07, 6.45) is 3.35. The summed E-state index contributed by atoms with van der Waals surface area (Å²) in [4.78, 5) is 11.4. The van der Waals surface area contributed by atoms with Crippen molar-refractivity contribution in [1.29, 1.82) is 0 Å². The zero-order valence-electron chi connectivity index (χ0n) is 11.0. The minimum atomic E-state index is -0.109. The molecule has 0 saturated carbocycles. The summed E-state index contributed by atoms with van der Waals surface area (Å²) in [5, 5.41) is 2.83. The van der Waals surface area contributed by atoms with Gasteiger partial charge in [-0.1, -0.05) is 6.92 Å². The number of amides is 1. The Bertz CT molecular complexity index is 223. The quantitative estimate of drug-likeness (QED) is 0.642. The van der Waals surface area contributed by atoms with Gasteiger partial charge in [-0.25, -0.2) is 0 Å². The van der Waals surface area contributed by atoms with Crippen molar-refractivity contribution >= 4 is 18.3 Å². The standard InChI is InChI=1S/C12H24N2O3.ClH/c1-10(8-13)12(15)14-5-3-6-16-9-11-4-2-7-17-11;/h10-11H,2-9,13H2,1H3,(H,14,15);1H. The minimum Gasteiger partial charge on any atom is -0.379 e. The minimum absolute atomic E-state index is 0. The van der Waals surface area contributed by atoms with Crippen molar-refractivity contribution in [3.05, 3.63) is 0 Å². The Balaban J connectivity index is 0.00000289. The van der Waals surface area contributed by atoms with Gasteiger partial charge >= 0.3 is 0 Å². The van der Waals surface area contributed by atoms with Crippen molar-refractivity contribution in [2.24, 2.45) is 11.7 Å². The predicted molar refractivity (Wildman–Crippen MR) is 72.9 cm³/mol. The van der Waals surface area contributed by atoms with Crippen molar-refractivity contribution < 1.29 is 14.3 Å². The summed E-state index contributed by atoms with van der Waals surface area (Å²) in [5.74, 6) is -0.0885. The molecule has 0 bridgehead atoms. The van der Waals surface area contributed by atoms with Gasteiger partial charge in [-0.15, -0.1) is 12.4 Å². The molecule has 2 atom stereocenters. The Labute approximate surface area is 115 Å². The molecule has 0 aromatic carbocycles. The first-order valence-electron chi connectivity index (χ1n) is 6.41. The van der Waals surface area contributed by atoms with Gasteiger partial charge in [-0.05, 0) is 19.3 Å². The van der Waals surface area contributed by atoms with E-state index in [-0.39, 0.29) is 30.3 Å². The molecule has 0 aromatic heterocycles. The van der Waals surface area contributed by atoms with E-state index in [0.717, 1.165) is 25.9 Å². The molecule has 3 N–H and O–H groups in total. The molecule has 1 fully saturated rings. The molecule has 0 aliphatic carbocycles. The van der Waals surface area contributed by atoms with Crippen molar-refractivity contribution in [3.63, 3.8) is 0 Å². The van der Waals surface area contributed by atoms with Crippen LogP contribution in [0.25, 0.3) is 0 Å². The van der Waals surface area contributed by atoms with Crippen LogP contribution in [0.2, 0.25) is 0 Å². The molecule has 0 radical (unpaired) electrons. The highest BCUT2D eigenvalue weighted by molar-refractivity contribution is 5.85. The molecule has 1 heterocycles. The Kier molecular flexibility index (Phi) is 10.3. The lowest BCUT2D eigenvalue weighted by Crippen LogP contribution is -2.34. The van der Waals surface area contributed by atoms with Crippen LogP contribution < -0.4 is 11.1 Å². The summed E-state index contributed by atoms with van der Waals surface area (Å²) in [6, 6.07) is 0. The number of hydrogen-bond donors (Lipinski definition) is 2. The van der Waals surface area contributed by atoms with Gasteiger partial charge in [0.15, 0.2) is 0 Å². The van der Waals surface area contributed by atoms with Crippen LogP contribution in [0, 0.1) is 5.92 Å². The number of rotatable bonds is 8. The normalized spacial score (nSPS) is 20.2. The first-order chi connectivity index (χ1) is 8.24. The predicted octanol–water partition coefficient (Wildman–Crippen LogP) is 0.705. The highest BCUT2D eigenvalue weighted by atomic mass is 35.5. The maximum absolute atomic E-state index is 11.4. The molecule has 1 saturated heterocycles. The largest absolute Gasteiger partial charge is 0.379 e. The van der Waals surface area contributed by atoms with E-state index in [1.54, 1.807) is 0 Å². The lowest BCUT2D eigenvalue weighted by atomic mass is 10.2. The van der Waals surface area contributed by atoms with E-state index in [1.165, 1.54) is 0 Å². The second kappa shape index (κ2) is 10.6. The van der Waals surface area contributed by atoms with Gasteiger partial charge in [0, 0.05) is 32.2 Å². The second-order valence-corrected chi connectivity index (χ2v) is 4.49. The van der Waals surface area contributed by atoms with Crippen LogP contribution in [-0.4, -0.2) is 44.9 Å². The fourth-order valence-corrected chi connectivity index (χ4v) is 1.66. The zero-order chi connectivity index (χ0) is 12.5. The Morgan fingerprint density at radius 3 is 3.00 bits per heavy atom. The summed E-state index contributed by atoms with van der Waals surface area (Å²) < 4.78 is 10.9. The fourth-order valence-electron chi connectivity index (χ4n) is 1.66. The summed E-state index contributed by atoms with van der Waals surface area (Å²) in [5.41, 5.74) is 5.40. The van der Waals surface area contributed by atoms with E-state index in [4.69, 9.17) is 15.2 Å². The fraction of sp³-hybridized carbons (Fsp3) is 0.917. The first-order valence-corrected chi connectivity index (χ1v) is 6.41. The summed E-state index contributed by atoms with van der Waals surface area (Å²) in [7, 11) is 0. The third-order valence-electron chi connectivity index (χ3n) is 2.89. The molecule has 1 rings (SSSR count). The smallest absolute Gasteiger partial charge is 0.224 e. The SMILES string of the molecule is CC(CN)C(=O)NCCCOCC1CCCO1.Cl. The number of carbonyl (C=O) groups is 1. The maximum atomic E-state index is 11.4. The van der Waals surface area contributed by atoms with Crippen LogP contribution in [0.5, 0.6) is 0 Å². The van der Waals surface area contributed by atoms with Gasteiger partial charge in [-0.3, -0.25) is 4.79 Å². The molecule has 108 valence electrons. The van der Waals surface area contributed by atoms with Gasteiger partial charge in [-0.2, -0.15) is 0 Å². The third-order valence-corrected chi connectivity index (χ3v) is 2.89. The average Bonchev–Trinajstić information content (AvgIpc) is 2.85. The first kappa shape index (κ1) is 17.6. The second-order valence-electron chi connectivity index (χ2n) is 4.49. The number of nitrogens with two attached hydrogens (primary N) is 1.